The van der Waals surface area contributed by atoms with Crippen molar-refractivity contribution in [3.8, 4) is 11.5 Å². The van der Waals surface area contributed by atoms with E-state index in [0.29, 0.717) is 5.76 Å². The fraction of sp³-hybridized carbons (Fsp3) is 0.600. The van der Waals surface area contributed by atoms with E-state index in [1.54, 1.807) is 48.5 Å². The number of esters is 2. The molecule has 0 aliphatic rings. The smallest absolute Gasteiger partial charge is 0.316 e. The summed E-state index contributed by atoms with van der Waals surface area (Å²) in [5.41, 5.74) is -1.31. The highest BCUT2D eigenvalue weighted by Crippen LogP contribution is 2.35. The zero-order chi connectivity index (χ0) is 15.7. The van der Waals surface area contributed by atoms with Gasteiger partial charge in [-0.25, -0.2) is 0 Å². The Hall–Kier alpha value is -1.78. The molecule has 0 amide bonds. The molecule has 0 aliphatic heterocycles. The number of hydrogen-bond acceptors (Lipinski definition) is 5. The highest BCUT2D eigenvalue weighted by Gasteiger charge is 2.30. The van der Waals surface area contributed by atoms with Crippen LogP contribution in [0.1, 0.15) is 47.3 Å². The molecule has 5 nitrogen and oxygen atoms in total. The number of furan rings is 1. The van der Waals surface area contributed by atoms with Crippen LogP contribution >= 0.6 is 0 Å². The predicted octanol–water partition coefficient (Wildman–Crippen LogP) is 3.49. The summed E-state index contributed by atoms with van der Waals surface area (Å²) in [6.07, 6.45) is 1.27. The van der Waals surface area contributed by atoms with Gasteiger partial charge in [0, 0.05) is 0 Å². The Kier molecular flexibility index (Phi) is 4.32. The molecular weight excluding hydrogens is 260 g/mol. The van der Waals surface area contributed by atoms with Gasteiger partial charge in [0.25, 0.3) is 0 Å². The third kappa shape index (κ3) is 3.85. The minimum Gasteiger partial charge on any atom is -0.462 e. The first kappa shape index (κ1) is 16.3. The van der Waals surface area contributed by atoms with Crippen LogP contribution in [0.2, 0.25) is 0 Å². The van der Waals surface area contributed by atoms with Crippen LogP contribution in [0.3, 0.4) is 0 Å². The van der Waals surface area contributed by atoms with Crippen molar-refractivity contribution < 1.29 is 23.5 Å². The summed E-state index contributed by atoms with van der Waals surface area (Å²) in [7, 11) is 0. The Labute approximate surface area is 119 Å². The van der Waals surface area contributed by atoms with Gasteiger partial charge in [-0.2, -0.15) is 0 Å². The molecule has 0 atom stereocenters. The molecule has 1 aromatic rings. The van der Waals surface area contributed by atoms with Crippen molar-refractivity contribution in [2.24, 2.45) is 10.8 Å². The SMILES string of the molecule is Cc1occ(OC(=O)C(C)(C)C)c1OC(=O)C(C)(C)C. The van der Waals surface area contributed by atoms with E-state index in [-0.39, 0.29) is 11.5 Å². The average molecular weight is 282 g/mol. The molecule has 0 aromatic carbocycles. The van der Waals surface area contributed by atoms with E-state index in [2.05, 4.69) is 0 Å². The van der Waals surface area contributed by atoms with Gasteiger partial charge in [-0.05, 0) is 48.5 Å². The molecule has 0 fully saturated rings. The lowest BCUT2D eigenvalue weighted by Crippen LogP contribution is -2.27. The van der Waals surface area contributed by atoms with Crippen molar-refractivity contribution in [3.63, 3.8) is 0 Å². The van der Waals surface area contributed by atoms with Crippen LogP contribution < -0.4 is 9.47 Å². The normalized spacial score (nSPS) is 12.2. The second kappa shape index (κ2) is 5.31. The standard InChI is InChI=1S/C15H22O5/c1-9-11(20-13(17)15(5,6)7)10(8-18-9)19-12(16)14(2,3)4/h8H,1-7H3. The Balaban J connectivity index is 2.97. The van der Waals surface area contributed by atoms with E-state index in [4.69, 9.17) is 13.9 Å². The van der Waals surface area contributed by atoms with E-state index < -0.39 is 22.8 Å². The number of hydrogen-bond donors (Lipinski definition) is 0. The van der Waals surface area contributed by atoms with Crippen molar-refractivity contribution >= 4 is 11.9 Å². The maximum absolute atomic E-state index is 11.9. The van der Waals surface area contributed by atoms with Crippen LogP contribution in [0.15, 0.2) is 10.7 Å². The van der Waals surface area contributed by atoms with Gasteiger partial charge in [0.1, 0.15) is 12.0 Å². The summed E-state index contributed by atoms with van der Waals surface area (Å²) in [5, 5.41) is 0. The molecule has 0 N–H and O–H groups in total. The third-order valence-electron chi connectivity index (χ3n) is 2.51. The van der Waals surface area contributed by atoms with E-state index in [0.717, 1.165) is 0 Å². The van der Waals surface area contributed by atoms with Crippen LogP contribution in [-0.4, -0.2) is 11.9 Å². The van der Waals surface area contributed by atoms with Gasteiger partial charge < -0.3 is 13.9 Å². The van der Waals surface area contributed by atoms with Crippen LogP contribution in [0, 0.1) is 17.8 Å². The summed E-state index contributed by atoms with van der Waals surface area (Å²) in [5.74, 6) is -0.178. The Morgan fingerprint density at radius 3 is 1.85 bits per heavy atom. The van der Waals surface area contributed by atoms with Gasteiger partial charge in [0.2, 0.25) is 11.5 Å². The van der Waals surface area contributed by atoms with Gasteiger partial charge in [0.05, 0.1) is 10.8 Å². The fourth-order valence-electron chi connectivity index (χ4n) is 1.11. The van der Waals surface area contributed by atoms with Crippen molar-refractivity contribution in [1.82, 2.24) is 0 Å². The minimum atomic E-state index is -0.658. The van der Waals surface area contributed by atoms with E-state index in [1.807, 2.05) is 0 Å². The topological polar surface area (TPSA) is 65.7 Å². The number of carbonyl (C=O) groups is 2. The van der Waals surface area contributed by atoms with Gasteiger partial charge in [-0.1, -0.05) is 0 Å². The first-order valence-corrected chi connectivity index (χ1v) is 6.45. The predicted molar refractivity (Wildman–Crippen MR) is 73.6 cm³/mol. The Morgan fingerprint density at radius 2 is 1.40 bits per heavy atom. The summed E-state index contributed by atoms with van der Waals surface area (Å²) >= 11 is 0. The fourth-order valence-corrected chi connectivity index (χ4v) is 1.11. The van der Waals surface area contributed by atoms with Crippen molar-refractivity contribution in [3.05, 3.63) is 12.0 Å². The second-order valence-corrected chi connectivity index (χ2v) is 6.76. The van der Waals surface area contributed by atoms with Gasteiger partial charge in [-0.3, -0.25) is 9.59 Å². The van der Waals surface area contributed by atoms with E-state index >= 15 is 0 Å². The van der Waals surface area contributed by atoms with Crippen LogP contribution in [-0.2, 0) is 9.59 Å². The molecule has 0 saturated heterocycles. The Morgan fingerprint density at radius 1 is 0.950 bits per heavy atom. The lowest BCUT2D eigenvalue weighted by atomic mass is 9.97. The van der Waals surface area contributed by atoms with Crippen LogP contribution in [0.5, 0.6) is 11.5 Å². The molecule has 0 aliphatic carbocycles. The van der Waals surface area contributed by atoms with Crippen molar-refractivity contribution in [1.29, 1.82) is 0 Å². The first-order chi connectivity index (χ1) is 8.93. The lowest BCUT2D eigenvalue weighted by molar-refractivity contribution is -0.145. The summed E-state index contributed by atoms with van der Waals surface area (Å²) in [4.78, 5) is 23.8. The minimum absolute atomic E-state index is 0.125. The monoisotopic (exact) mass is 282 g/mol. The maximum Gasteiger partial charge on any atom is 0.316 e. The first-order valence-electron chi connectivity index (χ1n) is 6.45. The molecule has 0 unspecified atom stereocenters. The molecule has 20 heavy (non-hydrogen) atoms. The van der Waals surface area contributed by atoms with Crippen LogP contribution in [0.25, 0.3) is 0 Å². The molecule has 0 spiro atoms. The van der Waals surface area contributed by atoms with Crippen molar-refractivity contribution in [2.75, 3.05) is 0 Å². The summed E-state index contributed by atoms with van der Waals surface area (Å²) in [6, 6.07) is 0. The molecule has 112 valence electrons. The number of ether oxygens (including phenoxy) is 2. The maximum atomic E-state index is 11.9. The second-order valence-electron chi connectivity index (χ2n) is 6.76. The largest absolute Gasteiger partial charge is 0.462 e. The van der Waals surface area contributed by atoms with Gasteiger partial charge in [0.15, 0.2) is 0 Å². The van der Waals surface area contributed by atoms with Crippen LogP contribution in [0.4, 0.5) is 0 Å². The highest BCUT2D eigenvalue weighted by atomic mass is 16.6. The molecule has 0 saturated carbocycles. The molecule has 0 bridgehead atoms. The average Bonchev–Trinajstić information content (AvgIpc) is 2.58. The van der Waals surface area contributed by atoms with Gasteiger partial charge in [-0.15, -0.1) is 0 Å². The molecular formula is C15H22O5. The summed E-state index contributed by atoms with van der Waals surface area (Å²) in [6.45, 7) is 12.1. The molecule has 1 aromatic heterocycles. The highest BCUT2D eigenvalue weighted by molar-refractivity contribution is 5.81. The lowest BCUT2D eigenvalue weighted by Gasteiger charge is -2.18. The molecule has 1 rings (SSSR count). The van der Waals surface area contributed by atoms with E-state index in [1.165, 1.54) is 6.26 Å². The summed E-state index contributed by atoms with van der Waals surface area (Å²) < 4.78 is 15.7. The quantitative estimate of drug-likeness (QED) is 0.777. The van der Waals surface area contributed by atoms with Crippen molar-refractivity contribution in [2.45, 2.75) is 48.5 Å². The molecule has 1 heterocycles. The van der Waals surface area contributed by atoms with E-state index in [9.17, 15) is 9.59 Å². The zero-order valence-electron chi connectivity index (χ0n) is 13.1. The van der Waals surface area contributed by atoms with Gasteiger partial charge >= 0.3 is 11.9 Å². The molecule has 5 heteroatoms. The third-order valence-corrected chi connectivity index (χ3v) is 2.51. The zero-order valence-corrected chi connectivity index (χ0v) is 13.1. The molecule has 0 radical (unpaired) electrons. The number of aryl methyl sites for hydroxylation is 1. The number of rotatable bonds is 2. The number of carbonyl (C=O) groups excluding carboxylic acids is 2. The Bertz CT molecular complexity index is 511.